The van der Waals surface area contributed by atoms with Crippen LogP contribution in [-0.2, 0) is 18.3 Å². The van der Waals surface area contributed by atoms with E-state index in [2.05, 4.69) is 20.9 Å². The van der Waals surface area contributed by atoms with Gasteiger partial charge in [-0.3, -0.25) is 4.79 Å². The first-order valence-corrected chi connectivity index (χ1v) is 4.28. The van der Waals surface area contributed by atoms with Gasteiger partial charge in [-0.1, -0.05) is 0 Å². The van der Waals surface area contributed by atoms with Gasteiger partial charge in [0.25, 0.3) is 0 Å². The minimum absolute atomic E-state index is 0.122. The molecular formula is C7H9BrN2O2. The molecule has 1 aromatic heterocycles. The molecule has 0 aromatic carbocycles. The van der Waals surface area contributed by atoms with Gasteiger partial charge < -0.3 is 9.67 Å². The molecule has 0 bridgehead atoms. The number of carboxylic acids is 1. The fourth-order valence-electron chi connectivity index (χ4n) is 0.875. The number of nitrogens with zero attached hydrogens (tertiary/aromatic N) is 2. The van der Waals surface area contributed by atoms with Crippen molar-refractivity contribution in [2.24, 2.45) is 7.05 Å². The third-order valence-corrected chi connectivity index (χ3v) is 2.33. The van der Waals surface area contributed by atoms with Gasteiger partial charge in [0, 0.05) is 13.5 Å². The zero-order valence-electron chi connectivity index (χ0n) is 6.62. The van der Waals surface area contributed by atoms with E-state index < -0.39 is 5.97 Å². The number of halogens is 1. The normalized spacial score (nSPS) is 10.2. The average molecular weight is 233 g/mol. The van der Waals surface area contributed by atoms with E-state index in [1.165, 1.54) is 0 Å². The first-order valence-electron chi connectivity index (χ1n) is 3.49. The summed E-state index contributed by atoms with van der Waals surface area (Å²) in [4.78, 5) is 14.3. The molecule has 0 amide bonds. The lowest BCUT2D eigenvalue weighted by Crippen LogP contribution is -2.03. The summed E-state index contributed by atoms with van der Waals surface area (Å²) < 4.78 is 2.69. The van der Waals surface area contributed by atoms with Crippen LogP contribution in [0.2, 0.25) is 0 Å². The Morgan fingerprint density at radius 1 is 1.83 bits per heavy atom. The van der Waals surface area contributed by atoms with E-state index >= 15 is 0 Å². The van der Waals surface area contributed by atoms with Crippen molar-refractivity contribution in [1.29, 1.82) is 0 Å². The van der Waals surface area contributed by atoms with Crippen molar-refractivity contribution < 1.29 is 9.90 Å². The SMILES string of the molecule is Cn1c(Br)cnc1CCC(=O)O. The topological polar surface area (TPSA) is 55.1 Å². The van der Waals surface area contributed by atoms with Crippen LogP contribution in [0.25, 0.3) is 0 Å². The summed E-state index contributed by atoms with van der Waals surface area (Å²) in [6.07, 6.45) is 2.26. The molecule has 0 spiro atoms. The van der Waals surface area contributed by atoms with Gasteiger partial charge >= 0.3 is 5.97 Å². The highest BCUT2D eigenvalue weighted by Gasteiger charge is 2.05. The van der Waals surface area contributed by atoms with Crippen LogP contribution < -0.4 is 0 Å². The van der Waals surface area contributed by atoms with Gasteiger partial charge in [-0.2, -0.15) is 0 Å². The number of carboxylic acid groups (broad SMARTS) is 1. The summed E-state index contributed by atoms with van der Waals surface area (Å²) in [5, 5.41) is 8.42. The van der Waals surface area contributed by atoms with E-state index in [0.717, 1.165) is 10.4 Å². The molecule has 0 unspecified atom stereocenters. The first kappa shape index (κ1) is 9.25. The standard InChI is InChI=1S/C7H9BrN2O2/c1-10-5(8)4-9-6(10)2-3-7(11)12/h4H,2-3H2,1H3,(H,11,12). The van der Waals surface area contributed by atoms with Gasteiger partial charge in [0.1, 0.15) is 10.4 Å². The van der Waals surface area contributed by atoms with Crippen LogP contribution in [0.15, 0.2) is 10.8 Å². The summed E-state index contributed by atoms with van der Waals surface area (Å²) in [6.45, 7) is 0. The van der Waals surface area contributed by atoms with Crippen LogP contribution >= 0.6 is 15.9 Å². The van der Waals surface area contributed by atoms with Gasteiger partial charge in [0.2, 0.25) is 0 Å². The number of carbonyl (C=O) groups is 1. The third kappa shape index (κ3) is 2.07. The maximum atomic E-state index is 10.2. The van der Waals surface area contributed by atoms with Crippen LogP contribution in [-0.4, -0.2) is 20.6 Å². The summed E-state index contributed by atoms with van der Waals surface area (Å²) >= 11 is 3.28. The average Bonchev–Trinajstić information content (AvgIpc) is 2.30. The zero-order valence-corrected chi connectivity index (χ0v) is 8.21. The molecular weight excluding hydrogens is 224 g/mol. The lowest BCUT2D eigenvalue weighted by Gasteiger charge is -1.99. The van der Waals surface area contributed by atoms with E-state index in [-0.39, 0.29) is 6.42 Å². The predicted molar refractivity (Wildman–Crippen MR) is 46.9 cm³/mol. The lowest BCUT2D eigenvalue weighted by atomic mass is 10.3. The molecule has 5 heteroatoms. The smallest absolute Gasteiger partial charge is 0.303 e. The van der Waals surface area contributed by atoms with E-state index in [4.69, 9.17) is 5.11 Å². The number of aromatic nitrogens is 2. The fourth-order valence-corrected chi connectivity index (χ4v) is 1.18. The van der Waals surface area contributed by atoms with Crippen molar-refractivity contribution in [1.82, 2.24) is 9.55 Å². The number of rotatable bonds is 3. The Hall–Kier alpha value is -0.840. The van der Waals surface area contributed by atoms with Crippen molar-refractivity contribution >= 4 is 21.9 Å². The second-order valence-electron chi connectivity index (χ2n) is 2.45. The maximum Gasteiger partial charge on any atom is 0.303 e. The van der Waals surface area contributed by atoms with Gasteiger partial charge in [0.15, 0.2) is 0 Å². The highest BCUT2D eigenvalue weighted by Crippen LogP contribution is 2.11. The molecule has 0 atom stereocenters. The van der Waals surface area contributed by atoms with Gasteiger partial charge in [0.05, 0.1) is 12.6 Å². The third-order valence-electron chi connectivity index (χ3n) is 1.59. The number of hydrogen-bond donors (Lipinski definition) is 1. The van der Waals surface area contributed by atoms with Crippen molar-refractivity contribution in [2.75, 3.05) is 0 Å². The molecule has 1 heterocycles. The summed E-state index contributed by atoms with van der Waals surface area (Å²) in [7, 11) is 1.84. The Kier molecular flexibility index (Phi) is 2.86. The van der Waals surface area contributed by atoms with Crippen molar-refractivity contribution in [3.63, 3.8) is 0 Å². The largest absolute Gasteiger partial charge is 0.481 e. The monoisotopic (exact) mass is 232 g/mol. The Morgan fingerprint density at radius 3 is 2.92 bits per heavy atom. The van der Waals surface area contributed by atoms with Gasteiger partial charge in [-0.25, -0.2) is 4.98 Å². The Bertz CT molecular complexity index is 296. The minimum Gasteiger partial charge on any atom is -0.481 e. The highest BCUT2D eigenvalue weighted by atomic mass is 79.9. The minimum atomic E-state index is -0.797. The van der Waals surface area contributed by atoms with Crippen LogP contribution in [0.5, 0.6) is 0 Å². The molecule has 66 valence electrons. The van der Waals surface area contributed by atoms with Crippen molar-refractivity contribution in [3.8, 4) is 0 Å². The molecule has 0 fully saturated rings. The van der Waals surface area contributed by atoms with Crippen LogP contribution in [0.4, 0.5) is 0 Å². The Morgan fingerprint density at radius 2 is 2.50 bits per heavy atom. The molecule has 0 saturated carbocycles. The summed E-state index contributed by atoms with van der Waals surface area (Å²) in [5.74, 6) is -0.0154. The van der Waals surface area contributed by atoms with E-state index in [0.29, 0.717) is 6.42 Å². The predicted octanol–water partition coefficient (Wildman–Crippen LogP) is 1.20. The first-order chi connectivity index (χ1) is 5.61. The molecule has 1 N–H and O–H groups in total. The molecule has 0 radical (unpaired) electrons. The van der Waals surface area contributed by atoms with E-state index in [1.807, 2.05) is 11.6 Å². The molecule has 1 rings (SSSR count). The molecule has 0 aliphatic rings. The lowest BCUT2D eigenvalue weighted by molar-refractivity contribution is -0.137. The highest BCUT2D eigenvalue weighted by molar-refractivity contribution is 9.10. The number of imidazole rings is 1. The van der Waals surface area contributed by atoms with Crippen molar-refractivity contribution in [3.05, 3.63) is 16.6 Å². The quantitative estimate of drug-likeness (QED) is 0.853. The number of hydrogen-bond acceptors (Lipinski definition) is 2. The van der Waals surface area contributed by atoms with E-state index in [9.17, 15) is 4.79 Å². The number of aliphatic carboxylic acids is 1. The summed E-state index contributed by atoms with van der Waals surface area (Å²) in [5.41, 5.74) is 0. The van der Waals surface area contributed by atoms with Crippen molar-refractivity contribution in [2.45, 2.75) is 12.8 Å². The molecule has 0 saturated heterocycles. The molecule has 0 aliphatic carbocycles. The van der Waals surface area contributed by atoms with Gasteiger partial charge in [-0.15, -0.1) is 0 Å². The van der Waals surface area contributed by atoms with Gasteiger partial charge in [-0.05, 0) is 15.9 Å². The number of aryl methyl sites for hydroxylation is 1. The Balaban J connectivity index is 2.63. The molecule has 4 nitrogen and oxygen atoms in total. The summed E-state index contributed by atoms with van der Waals surface area (Å²) in [6, 6.07) is 0. The molecule has 1 aromatic rings. The van der Waals surface area contributed by atoms with Crippen LogP contribution in [0.3, 0.4) is 0 Å². The fraction of sp³-hybridized carbons (Fsp3) is 0.429. The maximum absolute atomic E-state index is 10.2. The zero-order chi connectivity index (χ0) is 9.14. The van der Waals surface area contributed by atoms with Crippen LogP contribution in [0.1, 0.15) is 12.2 Å². The van der Waals surface area contributed by atoms with Crippen LogP contribution in [0, 0.1) is 0 Å². The molecule has 12 heavy (non-hydrogen) atoms. The Labute approximate surface area is 78.4 Å². The molecule has 0 aliphatic heterocycles. The van der Waals surface area contributed by atoms with E-state index in [1.54, 1.807) is 6.20 Å². The second-order valence-corrected chi connectivity index (χ2v) is 3.26. The second kappa shape index (κ2) is 3.71.